The van der Waals surface area contributed by atoms with E-state index in [1.165, 1.54) is 0 Å². The Balaban J connectivity index is 1.89. The molecule has 0 N–H and O–H groups in total. The lowest BCUT2D eigenvalue weighted by Gasteiger charge is -2.11. The molecule has 2 heterocycles. The second-order valence-corrected chi connectivity index (χ2v) is 5.06. The molecule has 0 aromatic heterocycles. The molecule has 1 saturated heterocycles. The van der Waals surface area contributed by atoms with Crippen LogP contribution in [0, 0.1) is 0 Å². The largest absolute Gasteiger partial charge is 0.497 e. The first-order valence-electron chi connectivity index (χ1n) is 5.67. The highest BCUT2D eigenvalue weighted by Gasteiger charge is 2.33. The van der Waals surface area contributed by atoms with Gasteiger partial charge in [0.05, 0.1) is 7.11 Å². The Bertz CT molecular complexity index is 549. The number of hydrogen-bond donors (Lipinski definition) is 0. The highest BCUT2D eigenvalue weighted by molar-refractivity contribution is 8.14. The molecule has 0 saturated carbocycles. The van der Waals surface area contributed by atoms with Gasteiger partial charge in [-0.2, -0.15) is 4.99 Å². The molecule has 18 heavy (non-hydrogen) atoms. The molecule has 0 bridgehead atoms. The quantitative estimate of drug-likeness (QED) is 0.763. The summed E-state index contributed by atoms with van der Waals surface area (Å²) in [5.41, 5.74) is 1.65. The summed E-state index contributed by atoms with van der Waals surface area (Å²) in [6, 6.07) is 7.62. The van der Waals surface area contributed by atoms with Crippen LogP contribution in [0.25, 0.3) is 6.08 Å². The van der Waals surface area contributed by atoms with E-state index in [1.54, 1.807) is 18.9 Å². The van der Waals surface area contributed by atoms with Crippen molar-refractivity contribution < 1.29 is 9.53 Å². The molecule has 1 aromatic rings. The third-order valence-corrected chi connectivity index (χ3v) is 3.86. The first kappa shape index (κ1) is 11.3. The summed E-state index contributed by atoms with van der Waals surface area (Å²) < 4.78 is 5.11. The van der Waals surface area contributed by atoms with Crippen LogP contribution in [-0.4, -0.2) is 35.4 Å². The van der Waals surface area contributed by atoms with Gasteiger partial charge in [-0.1, -0.05) is 23.9 Å². The van der Waals surface area contributed by atoms with E-state index in [9.17, 15) is 4.79 Å². The number of rotatable bonds is 2. The Kier molecular flexibility index (Phi) is 2.83. The summed E-state index contributed by atoms with van der Waals surface area (Å²) in [4.78, 5) is 17.8. The number of benzene rings is 1. The van der Waals surface area contributed by atoms with E-state index in [-0.39, 0.29) is 5.91 Å². The number of fused-ring (bicyclic) bond motifs is 1. The highest BCUT2D eigenvalue weighted by Crippen LogP contribution is 2.30. The Morgan fingerprint density at radius 3 is 2.89 bits per heavy atom. The monoisotopic (exact) mass is 260 g/mol. The van der Waals surface area contributed by atoms with E-state index in [2.05, 4.69) is 4.99 Å². The van der Waals surface area contributed by atoms with Gasteiger partial charge in [0.15, 0.2) is 5.17 Å². The Labute approximate surface area is 109 Å². The van der Waals surface area contributed by atoms with Crippen LogP contribution in [0.15, 0.2) is 35.0 Å². The van der Waals surface area contributed by atoms with Crippen molar-refractivity contribution in [3.05, 3.63) is 35.5 Å². The maximum atomic E-state index is 11.8. The van der Waals surface area contributed by atoms with Gasteiger partial charge in [-0.05, 0) is 23.8 Å². The van der Waals surface area contributed by atoms with E-state index >= 15 is 0 Å². The van der Waals surface area contributed by atoms with Gasteiger partial charge in [-0.3, -0.25) is 4.79 Å². The predicted molar refractivity (Wildman–Crippen MR) is 72.6 cm³/mol. The summed E-state index contributed by atoms with van der Waals surface area (Å²) in [6.07, 6.45) is 1.88. The molecule has 92 valence electrons. The van der Waals surface area contributed by atoms with Crippen LogP contribution in [0.1, 0.15) is 5.56 Å². The van der Waals surface area contributed by atoms with Crippen LogP contribution in [0.4, 0.5) is 0 Å². The average Bonchev–Trinajstić information content (AvgIpc) is 2.94. The van der Waals surface area contributed by atoms with Crippen molar-refractivity contribution >= 4 is 28.9 Å². The number of nitrogens with zero attached hydrogens (tertiary/aromatic N) is 2. The molecule has 2 aliphatic rings. The van der Waals surface area contributed by atoms with E-state index < -0.39 is 0 Å². The molecule has 0 aliphatic carbocycles. The van der Waals surface area contributed by atoms with E-state index in [4.69, 9.17) is 4.74 Å². The number of amidine groups is 1. The highest BCUT2D eigenvalue weighted by atomic mass is 32.2. The first-order valence-corrected chi connectivity index (χ1v) is 6.65. The molecule has 0 radical (unpaired) electrons. The number of thioether (sulfide) groups is 1. The van der Waals surface area contributed by atoms with Crippen molar-refractivity contribution in [1.82, 2.24) is 4.90 Å². The lowest BCUT2D eigenvalue weighted by Crippen LogP contribution is -2.20. The SMILES string of the molecule is COc1ccc(/C=C2\C(=O)N=C3SCCN32)cc1. The molecule has 2 aliphatic heterocycles. The normalized spacial score (nSPS) is 20.3. The number of carbonyl (C=O) groups is 1. The molecule has 1 aromatic carbocycles. The molecular formula is C13H12N2O2S. The minimum atomic E-state index is -0.145. The van der Waals surface area contributed by atoms with Crippen molar-refractivity contribution in [3.63, 3.8) is 0 Å². The van der Waals surface area contributed by atoms with Crippen LogP contribution in [-0.2, 0) is 4.79 Å². The predicted octanol–water partition coefficient (Wildman–Crippen LogP) is 1.98. The van der Waals surface area contributed by atoms with E-state index in [0.29, 0.717) is 5.70 Å². The zero-order valence-corrected chi connectivity index (χ0v) is 10.7. The minimum absolute atomic E-state index is 0.145. The maximum Gasteiger partial charge on any atom is 0.296 e. The molecule has 1 amide bonds. The zero-order valence-electron chi connectivity index (χ0n) is 9.92. The summed E-state index contributed by atoms with van der Waals surface area (Å²) in [7, 11) is 1.63. The van der Waals surface area contributed by atoms with Crippen LogP contribution < -0.4 is 4.74 Å². The lowest BCUT2D eigenvalue weighted by atomic mass is 10.1. The van der Waals surface area contributed by atoms with Crippen molar-refractivity contribution in [2.24, 2.45) is 4.99 Å². The second kappa shape index (κ2) is 4.49. The van der Waals surface area contributed by atoms with Gasteiger partial charge in [0, 0.05) is 12.3 Å². The Morgan fingerprint density at radius 1 is 1.39 bits per heavy atom. The molecule has 0 atom stereocenters. The van der Waals surface area contributed by atoms with Crippen LogP contribution in [0.2, 0.25) is 0 Å². The van der Waals surface area contributed by atoms with Gasteiger partial charge in [-0.25, -0.2) is 0 Å². The number of amides is 1. The van der Waals surface area contributed by atoms with Gasteiger partial charge >= 0.3 is 0 Å². The van der Waals surface area contributed by atoms with Crippen molar-refractivity contribution in [2.45, 2.75) is 0 Å². The number of ether oxygens (including phenoxy) is 1. The van der Waals surface area contributed by atoms with E-state index in [0.717, 1.165) is 28.8 Å². The zero-order chi connectivity index (χ0) is 12.5. The maximum absolute atomic E-state index is 11.8. The van der Waals surface area contributed by atoms with Crippen molar-refractivity contribution in [1.29, 1.82) is 0 Å². The van der Waals surface area contributed by atoms with Crippen molar-refractivity contribution in [3.8, 4) is 5.75 Å². The van der Waals surface area contributed by atoms with Gasteiger partial charge in [-0.15, -0.1) is 0 Å². The number of methoxy groups -OCH3 is 1. The molecule has 1 fully saturated rings. The fourth-order valence-electron chi connectivity index (χ4n) is 1.98. The third-order valence-electron chi connectivity index (χ3n) is 2.90. The number of carbonyl (C=O) groups excluding carboxylic acids is 1. The van der Waals surface area contributed by atoms with Gasteiger partial charge in [0.25, 0.3) is 5.91 Å². The van der Waals surface area contributed by atoms with Crippen LogP contribution in [0.3, 0.4) is 0 Å². The molecule has 3 rings (SSSR count). The molecule has 0 spiro atoms. The van der Waals surface area contributed by atoms with Crippen molar-refractivity contribution in [2.75, 3.05) is 19.4 Å². The number of aliphatic imine (C=N–C) groups is 1. The summed E-state index contributed by atoms with van der Waals surface area (Å²) >= 11 is 1.63. The molecule has 5 heteroatoms. The van der Waals surface area contributed by atoms with Crippen LogP contribution in [0.5, 0.6) is 5.75 Å². The molecule has 0 unspecified atom stereocenters. The fraction of sp³-hybridized carbons (Fsp3) is 0.231. The smallest absolute Gasteiger partial charge is 0.296 e. The Hall–Kier alpha value is -1.75. The summed E-state index contributed by atoms with van der Waals surface area (Å²) in [5.74, 6) is 1.66. The van der Waals surface area contributed by atoms with Crippen LogP contribution >= 0.6 is 11.8 Å². The summed E-state index contributed by atoms with van der Waals surface area (Å²) in [6.45, 7) is 0.858. The Morgan fingerprint density at radius 2 is 2.17 bits per heavy atom. The molecular weight excluding hydrogens is 248 g/mol. The van der Waals surface area contributed by atoms with Gasteiger partial charge in [0.2, 0.25) is 0 Å². The third kappa shape index (κ3) is 1.90. The lowest BCUT2D eigenvalue weighted by molar-refractivity contribution is -0.114. The average molecular weight is 260 g/mol. The number of hydrogen-bond acceptors (Lipinski definition) is 4. The molecule has 4 nitrogen and oxygen atoms in total. The summed E-state index contributed by atoms with van der Waals surface area (Å²) in [5, 5.41) is 0.833. The fourth-order valence-corrected chi connectivity index (χ4v) is 2.92. The first-order chi connectivity index (χ1) is 8.78. The van der Waals surface area contributed by atoms with Gasteiger partial charge in [0.1, 0.15) is 11.4 Å². The topological polar surface area (TPSA) is 41.9 Å². The van der Waals surface area contributed by atoms with E-state index in [1.807, 2.05) is 35.2 Å². The standard InChI is InChI=1S/C13H12N2O2S/c1-17-10-4-2-9(3-5-10)8-11-12(16)14-13-15(11)6-7-18-13/h2-5,8H,6-7H2,1H3/b11-8+. The van der Waals surface area contributed by atoms with Gasteiger partial charge < -0.3 is 9.64 Å². The minimum Gasteiger partial charge on any atom is -0.497 e. The second-order valence-electron chi connectivity index (χ2n) is 4.00.